The van der Waals surface area contributed by atoms with Gasteiger partial charge in [-0.05, 0) is 19.7 Å². The van der Waals surface area contributed by atoms with E-state index in [-0.39, 0.29) is 0 Å². The molecular weight excluding hydrogens is 184 g/mol. The Kier molecular flexibility index (Phi) is 5.74. The monoisotopic (exact) mass is 204 g/mol. The summed E-state index contributed by atoms with van der Waals surface area (Å²) in [5.41, 5.74) is 1.26. The summed E-state index contributed by atoms with van der Waals surface area (Å²) < 4.78 is 0. The maximum absolute atomic E-state index is 3.36. The second kappa shape index (κ2) is 7.21. The number of benzene rings is 1. The van der Waals surface area contributed by atoms with Gasteiger partial charge in [-0.1, -0.05) is 42.5 Å². The molecule has 0 aliphatic carbocycles. The van der Waals surface area contributed by atoms with Crippen LogP contribution >= 0.6 is 0 Å². The van der Waals surface area contributed by atoms with Crippen LogP contribution < -0.4 is 5.32 Å². The van der Waals surface area contributed by atoms with Crippen molar-refractivity contribution >= 4 is 6.08 Å². The molecule has 2 nitrogen and oxygen atoms in total. The predicted octanol–water partition coefficient (Wildman–Crippen LogP) is 1.85. The number of hydrogen-bond acceptors (Lipinski definition) is 2. The van der Waals surface area contributed by atoms with Crippen molar-refractivity contribution in [1.29, 1.82) is 0 Å². The Balaban J connectivity index is 2.12. The third-order valence-corrected chi connectivity index (χ3v) is 2.11. The summed E-state index contributed by atoms with van der Waals surface area (Å²) >= 11 is 0. The average molecular weight is 204 g/mol. The second-order valence-electron chi connectivity index (χ2n) is 3.82. The van der Waals surface area contributed by atoms with E-state index < -0.39 is 0 Å². The fourth-order valence-corrected chi connectivity index (χ4v) is 1.25. The highest BCUT2D eigenvalue weighted by molar-refractivity contribution is 5.48. The zero-order valence-corrected chi connectivity index (χ0v) is 9.61. The second-order valence-corrected chi connectivity index (χ2v) is 3.82. The van der Waals surface area contributed by atoms with Gasteiger partial charge in [0.25, 0.3) is 0 Å². The highest BCUT2D eigenvalue weighted by atomic mass is 15.1. The summed E-state index contributed by atoms with van der Waals surface area (Å²) in [5, 5.41) is 3.36. The molecule has 0 atom stereocenters. The maximum atomic E-state index is 3.36. The quantitative estimate of drug-likeness (QED) is 0.711. The highest BCUT2D eigenvalue weighted by Crippen LogP contribution is 1.99. The van der Waals surface area contributed by atoms with E-state index in [1.54, 1.807) is 0 Å². The van der Waals surface area contributed by atoms with Crippen molar-refractivity contribution in [2.75, 3.05) is 33.7 Å². The van der Waals surface area contributed by atoms with Crippen LogP contribution in [0.5, 0.6) is 0 Å². The first-order chi connectivity index (χ1) is 7.29. The molecule has 0 saturated heterocycles. The molecule has 0 amide bonds. The Bertz CT molecular complexity index is 278. The van der Waals surface area contributed by atoms with E-state index in [4.69, 9.17) is 0 Å². The van der Waals surface area contributed by atoms with Gasteiger partial charge in [-0.3, -0.25) is 0 Å². The van der Waals surface area contributed by atoms with Crippen LogP contribution in [0.15, 0.2) is 36.4 Å². The molecule has 0 heterocycles. The molecule has 0 aromatic heterocycles. The molecule has 1 N–H and O–H groups in total. The van der Waals surface area contributed by atoms with Gasteiger partial charge in [-0.2, -0.15) is 0 Å². The van der Waals surface area contributed by atoms with Crippen molar-refractivity contribution in [3.05, 3.63) is 42.0 Å². The maximum Gasteiger partial charge on any atom is 0.0138 e. The zero-order chi connectivity index (χ0) is 10.9. The lowest BCUT2D eigenvalue weighted by Crippen LogP contribution is -2.26. The molecule has 0 bridgehead atoms. The molecule has 0 unspecified atom stereocenters. The van der Waals surface area contributed by atoms with Crippen molar-refractivity contribution in [3.8, 4) is 0 Å². The first-order valence-electron chi connectivity index (χ1n) is 5.36. The number of nitrogens with zero attached hydrogens (tertiary/aromatic N) is 1. The number of nitrogens with one attached hydrogen (secondary N) is 1. The topological polar surface area (TPSA) is 15.3 Å². The summed E-state index contributed by atoms with van der Waals surface area (Å²) in [5.74, 6) is 0. The summed E-state index contributed by atoms with van der Waals surface area (Å²) in [6.45, 7) is 3.05. The van der Waals surface area contributed by atoms with Gasteiger partial charge in [-0.25, -0.2) is 0 Å². The lowest BCUT2D eigenvalue weighted by molar-refractivity contribution is 0.404. The van der Waals surface area contributed by atoms with Gasteiger partial charge in [0.1, 0.15) is 0 Å². The van der Waals surface area contributed by atoms with E-state index in [9.17, 15) is 0 Å². The van der Waals surface area contributed by atoms with Crippen LogP contribution in [0.3, 0.4) is 0 Å². The van der Waals surface area contributed by atoms with Crippen molar-refractivity contribution in [1.82, 2.24) is 10.2 Å². The summed E-state index contributed by atoms with van der Waals surface area (Å²) in [4.78, 5) is 2.17. The zero-order valence-electron chi connectivity index (χ0n) is 9.61. The minimum absolute atomic E-state index is 0.933. The van der Waals surface area contributed by atoms with Gasteiger partial charge >= 0.3 is 0 Å². The lowest BCUT2D eigenvalue weighted by atomic mass is 10.2. The molecule has 0 spiro atoms. The molecule has 1 rings (SSSR count). The van der Waals surface area contributed by atoms with E-state index >= 15 is 0 Å². The Labute approximate surface area is 92.6 Å². The van der Waals surface area contributed by atoms with Crippen molar-refractivity contribution in [2.24, 2.45) is 0 Å². The van der Waals surface area contributed by atoms with Gasteiger partial charge in [0.2, 0.25) is 0 Å². The van der Waals surface area contributed by atoms with Gasteiger partial charge < -0.3 is 10.2 Å². The van der Waals surface area contributed by atoms with E-state index in [2.05, 4.69) is 60.7 Å². The molecule has 0 aliphatic rings. The molecule has 0 fully saturated rings. The molecular formula is C13H20N2. The first-order valence-corrected chi connectivity index (χ1v) is 5.36. The van der Waals surface area contributed by atoms with E-state index in [1.807, 2.05) is 6.07 Å². The average Bonchev–Trinajstić information content (AvgIpc) is 2.24. The summed E-state index contributed by atoms with van der Waals surface area (Å²) in [6, 6.07) is 10.4. The summed E-state index contributed by atoms with van der Waals surface area (Å²) in [6.07, 6.45) is 4.30. The first kappa shape index (κ1) is 12.0. The largest absolute Gasteiger partial charge is 0.312 e. The smallest absolute Gasteiger partial charge is 0.0138 e. The fourth-order valence-electron chi connectivity index (χ4n) is 1.25. The van der Waals surface area contributed by atoms with Crippen LogP contribution in [0, 0.1) is 0 Å². The van der Waals surface area contributed by atoms with Crippen molar-refractivity contribution < 1.29 is 0 Å². The van der Waals surface area contributed by atoms with Crippen molar-refractivity contribution in [3.63, 3.8) is 0 Å². The van der Waals surface area contributed by atoms with Crippen LogP contribution in [0.25, 0.3) is 6.08 Å². The third-order valence-electron chi connectivity index (χ3n) is 2.11. The van der Waals surface area contributed by atoms with Crippen LogP contribution in [0.4, 0.5) is 0 Å². The Hall–Kier alpha value is -1.12. The molecule has 82 valence electrons. The molecule has 15 heavy (non-hydrogen) atoms. The molecule has 2 heteroatoms. The SMILES string of the molecule is CN(C)CCNCC=Cc1ccccc1. The minimum Gasteiger partial charge on any atom is -0.312 e. The van der Waals surface area contributed by atoms with Crippen LogP contribution in [0.1, 0.15) is 5.56 Å². The Morgan fingerprint density at radius 2 is 1.93 bits per heavy atom. The van der Waals surface area contributed by atoms with Crippen molar-refractivity contribution in [2.45, 2.75) is 0 Å². The number of rotatable bonds is 6. The normalized spacial score (nSPS) is 11.4. The number of hydrogen-bond donors (Lipinski definition) is 1. The van der Waals surface area contributed by atoms with Crippen LogP contribution in [-0.4, -0.2) is 38.6 Å². The summed E-state index contributed by atoms with van der Waals surface area (Å²) in [7, 11) is 4.17. The van der Waals surface area contributed by atoms with E-state index in [0.29, 0.717) is 0 Å². The van der Waals surface area contributed by atoms with E-state index in [0.717, 1.165) is 19.6 Å². The molecule has 0 saturated carbocycles. The van der Waals surface area contributed by atoms with Gasteiger partial charge in [-0.15, -0.1) is 0 Å². The number of likely N-dealkylation sites (N-methyl/N-ethyl adjacent to an activating group) is 1. The lowest BCUT2D eigenvalue weighted by Gasteiger charge is -2.08. The Morgan fingerprint density at radius 3 is 2.60 bits per heavy atom. The Morgan fingerprint density at radius 1 is 1.20 bits per heavy atom. The third kappa shape index (κ3) is 6.05. The molecule has 0 radical (unpaired) electrons. The van der Waals surface area contributed by atoms with Crippen LogP contribution in [0.2, 0.25) is 0 Å². The predicted molar refractivity (Wildman–Crippen MR) is 66.9 cm³/mol. The molecule has 0 aliphatic heterocycles. The standard InChI is InChI=1S/C13H20N2/c1-15(2)12-11-14-10-6-9-13-7-4-3-5-8-13/h3-9,14H,10-12H2,1-2H3. The molecule has 1 aromatic rings. The van der Waals surface area contributed by atoms with Gasteiger partial charge in [0.05, 0.1) is 0 Å². The van der Waals surface area contributed by atoms with Crippen LogP contribution in [-0.2, 0) is 0 Å². The van der Waals surface area contributed by atoms with E-state index in [1.165, 1.54) is 5.56 Å². The molecule has 1 aromatic carbocycles. The minimum atomic E-state index is 0.933. The van der Waals surface area contributed by atoms with Gasteiger partial charge in [0.15, 0.2) is 0 Å². The van der Waals surface area contributed by atoms with Gasteiger partial charge in [0, 0.05) is 19.6 Å². The fraction of sp³-hybridized carbons (Fsp3) is 0.385. The highest BCUT2D eigenvalue weighted by Gasteiger charge is 1.87.